The number of hydrogen-bond donors (Lipinski definition) is 0. The van der Waals surface area contributed by atoms with Gasteiger partial charge in [-0.25, -0.2) is 0 Å². The lowest BCUT2D eigenvalue weighted by Gasteiger charge is -2.18. The highest BCUT2D eigenvalue weighted by Gasteiger charge is 2.37. The Morgan fingerprint density at radius 2 is 1.88 bits per heavy atom. The van der Waals surface area contributed by atoms with Crippen LogP contribution in [0.3, 0.4) is 0 Å². The van der Waals surface area contributed by atoms with Gasteiger partial charge in [-0.1, -0.05) is 36.1 Å². The van der Waals surface area contributed by atoms with Crippen LogP contribution in [0.1, 0.15) is 28.8 Å². The lowest BCUT2D eigenvalue weighted by molar-refractivity contribution is 0.0905. The van der Waals surface area contributed by atoms with E-state index in [9.17, 15) is 4.79 Å². The van der Waals surface area contributed by atoms with E-state index < -0.39 is 5.41 Å². The maximum atomic E-state index is 12.3. The van der Waals surface area contributed by atoms with Crippen molar-refractivity contribution in [3.8, 4) is 24.7 Å². The molecule has 0 N–H and O–H groups in total. The van der Waals surface area contributed by atoms with Crippen molar-refractivity contribution in [1.29, 1.82) is 0 Å². The molecule has 0 heterocycles. The Hall–Kier alpha value is -1.99. The smallest absolute Gasteiger partial charge is 0.193 e. The second kappa shape index (κ2) is 3.87. The number of ketones is 1. The van der Waals surface area contributed by atoms with Crippen molar-refractivity contribution in [2.75, 3.05) is 0 Å². The molecule has 0 spiro atoms. The van der Waals surface area contributed by atoms with E-state index in [0.29, 0.717) is 12.0 Å². The van der Waals surface area contributed by atoms with Crippen molar-refractivity contribution in [3.63, 3.8) is 0 Å². The van der Waals surface area contributed by atoms with Crippen molar-refractivity contribution >= 4 is 5.78 Å². The second-order valence-electron chi connectivity index (χ2n) is 4.03. The molecule has 0 fully saturated rings. The van der Waals surface area contributed by atoms with Crippen LogP contribution in [0.4, 0.5) is 0 Å². The lowest BCUT2D eigenvalue weighted by Crippen LogP contribution is -2.27. The molecule has 0 saturated heterocycles. The Morgan fingerprint density at radius 3 is 2.56 bits per heavy atom. The molecule has 2 rings (SSSR count). The zero-order valence-electron chi connectivity index (χ0n) is 8.99. The Morgan fingerprint density at radius 1 is 1.19 bits per heavy atom. The molecule has 0 amide bonds. The molecular formula is C15H12O. The third-order valence-corrected chi connectivity index (χ3v) is 3.14. The normalized spacial score (nSPS) is 17.8. The fourth-order valence-electron chi connectivity index (χ4n) is 2.16. The van der Waals surface area contributed by atoms with Crippen molar-refractivity contribution in [1.82, 2.24) is 0 Å². The molecule has 0 bridgehead atoms. The first-order chi connectivity index (χ1) is 7.73. The fourth-order valence-corrected chi connectivity index (χ4v) is 2.16. The first-order valence-corrected chi connectivity index (χ1v) is 5.32. The zero-order valence-corrected chi connectivity index (χ0v) is 8.99. The van der Waals surface area contributed by atoms with Gasteiger partial charge in [0.25, 0.3) is 0 Å². The van der Waals surface area contributed by atoms with E-state index in [1.165, 1.54) is 0 Å². The van der Waals surface area contributed by atoms with E-state index >= 15 is 0 Å². The summed E-state index contributed by atoms with van der Waals surface area (Å²) in [4.78, 5) is 12.3. The molecule has 0 radical (unpaired) electrons. The zero-order chi connectivity index (χ0) is 11.6. The Bertz CT molecular complexity index is 497. The summed E-state index contributed by atoms with van der Waals surface area (Å²) in [5, 5.41) is 0. The highest BCUT2D eigenvalue weighted by atomic mass is 16.1. The molecule has 1 nitrogen and oxygen atoms in total. The minimum Gasteiger partial charge on any atom is -0.291 e. The van der Waals surface area contributed by atoms with Gasteiger partial charge in [0.05, 0.1) is 0 Å². The SMILES string of the molecule is C#CC1(C#C)CCCc2ccccc2C1=O. The molecular weight excluding hydrogens is 196 g/mol. The standard InChI is InChI=1S/C15H12O/c1-3-15(4-2)11-7-9-12-8-5-6-10-13(12)14(15)16/h1-2,5-6,8,10H,7,9,11H2. The van der Waals surface area contributed by atoms with Gasteiger partial charge in [-0.3, -0.25) is 4.79 Å². The highest BCUT2D eigenvalue weighted by Crippen LogP contribution is 2.33. The number of hydrogen-bond acceptors (Lipinski definition) is 1. The summed E-state index contributed by atoms with van der Waals surface area (Å²) in [5.74, 6) is 4.93. The van der Waals surface area contributed by atoms with Crippen LogP contribution in [0.5, 0.6) is 0 Å². The molecule has 1 aromatic carbocycles. The van der Waals surface area contributed by atoms with Gasteiger partial charge in [-0.05, 0) is 24.8 Å². The average Bonchev–Trinajstić information content (AvgIpc) is 2.48. The predicted molar refractivity (Wildman–Crippen MR) is 63.8 cm³/mol. The number of aryl methyl sites for hydroxylation is 1. The van der Waals surface area contributed by atoms with Gasteiger partial charge in [0.2, 0.25) is 0 Å². The Balaban J connectivity index is 2.59. The summed E-state index contributed by atoms with van der Waals surface area (Å²) in [6.07, 6.45) is 13.2. The van der Waals surface area contributed by atoms with Gasteiger partial charge in [0.15, 0.2) is 11.2 Å². The van der Waals surface area contributed by atoms with Gasteiger partial charge in [-0.2, -0.15) is 0 Å². The first-order valence-electron chi connectivity index (χ1n) is 5.32. The number of carbonyl (C=O) groups excluding carboxylic acids is 1. The molecule has 0 aliphatic heterocycles. The van der Waals surface area contributed by atoms with Crippen LogP contribution in [0.15, 0.2) is 24.3 Å². The quantitative estimate of drug-likeness (QED) is 0.473. The van der Waals surface area contributed by atoms with E-state index in [2.05, 4.69) is 11.8 Å². The maximum Gasteiger partial charge on any atom is 0.193 e. The van der Waals surface area contributed by atoms with Crippen LogP contribution in [0.2, 0.25) is 0 Å². The predicted octanol–water partition coefficient (Wildman–Crippen LogP) is 2.46. The van der Waals surface area contributed by atoms with Crippen molar-refractivity contribution in [2.24, 2.45) is 5.41 Å². The monoisotopic (exact) mass is 208 g/mol. The van der Waals surface area contributed by atoms with Gasteiger partial charge in [-0.15, -0.1) is 12.8 Å². The van der Waals surface area contributed by atoms with E-state index in [0.717, 1.165) is 18.4 Å². The van der Waals surface area contributed by atoms with Crippen LogP contribution in [-0.4, -0.2) is 5.78 Å². The number of rotatable bonds is 0. The molecule has 1 aromatic rings. The number of Topliss-reactive ketones (excluding diaryl/α,β-unsaturated/α-hetero) is 1. The maximum absolute atomic E-state index is 12.3. The molecule has 0 unspecified atom stereocenters. The summed E-state index contributed by atoms with van der Waals surface area (Å²) in [7, 11) is 0. The van der Waals surface area contributed by atoms with Crippen molar-refractivity contribution in [3.05, 3.63) is 35.4 Å². The number of benzene rings is 1. The molecule has 0 aromatic heterocycles. The van der Waals surface area contributed by atoms with Crippen LogP contribution in [0.25, 0.3) is 0 Å². The molecule has 1 heteroatoms. The topological polar surface area (TPSA) is 17.1 Å². The van der Waals surface area contributed by atoms with Gasteiger partial charge < -0.3 is 0 Å². The molecule has 0 atom stereocenters. The van der Waals surface area contributed by atoms with E-state index in [1.807, 2.05) is 24.3 Å². The summed E-state index contributed by atoms with van der Waals surface area (Å²) in [6, 6.07) is 7.56. The largest absolute Gasteiger partial charge is 0.291 e. The Kier molecular flexibility index (Phi) is 2.55. The Labute approximate surface area is 95.9 Å². The van der Waals surface area contributed by atoms with Crippen LogP contribution in [0, 0.1) is 30.1 Å². The number of carbonyl (C=O) groups is 1. The fraction of sp³-hybridized carbons (Fsp3) is 0.267. The van der Waals surface area contributed by atoms with Crippen molar-refractivity contribution in [2.45, 2.75) is 19.3 Å². The lowest BCUT2D eigenvalue weighted by atomic mass is 9.79. The second-order valence-corrected chi connectivity index (χ2v) is 4.03. The first kappa shape index (κ1) is 10.5. The third-order valence-electron chi connectivity index (χ3n) is 3.14. The number of fused-ring (bicyclic) bond motifs is 1. The minimum atomic E-state index is -1.04. The van der Waals surface area contributed by atoms with Crippen LogP contribution in [-0.2, 0) is 6.42 Å². The van der Waals surface area contributed by atoms with Crippen LogP contribution < -0.4 is 0 Å². The van der Waals surface area contributed by atoms with Crippen LogP contribution >= 0.6 is 0 Å². The third kappa shape index (κ3) is 1.42. The summed E-state index contributed by atoms with van der Waals surface area (Å²) in [5.41, 5.74) is 0.711. The van der Waals surface area contributed by atoms with E-state index in [4.69, 9.17) is 12.8 Å². The van der Waals surface area contributed by atoms with Gasteiger partial charge >= 0.3 is 0 Å². The summed E-state index contributed by atoms with van der Waals surface area (Å²) < 4.78 is 0. The summed E-state index contributed by atoms with van der Waals surface area (Å²) >= 11 is 0. The molecule has 16 heavy (non-hydrogen) atoms. The molecule has 1 aliphatic rings. The van der Waals surface area contributed by atoms with E-state index in [-0.39, 0.29) is 5.78 Å². The van der Waals surface area contributed by atoms with Gasteiger partial charge in [0.1, 0.15) is 0 Å². The molecule has 1 aliphatic carbocycles. The summed E-state index contributed by atoms with van der Waals surface area (Å²) in [6.45, 7) is 0. The molecule has 78 valence electrons. The molecule has 0 saturated carbocycles. The highest BCUT2D eigenvalue weighted by molar-refractivity contribution is 6.06. The van der Waals surface area contributed by atoms with Gasteiger partial charge in [0, 0.05) is 5.56 Å². The number of terminal acetylenes is 2. The van der Waals surface area contributed by atoms with E-state index in [1.54, 1.807) is 0 Å². The minimum absolute atomic E-state index is 0.0920. The van der Waals surface area contributed by atoms with Crippen molar-refractivity contribution < 1.29 is 4.79 Å². The average molecular weight is 208 g/mol.